The number of amides is 1. The zero-order chi connectivity index (χ0) is 15.4. The van der Waals surface area contributed by atoms with Gasteiger partial charge in [-0.3, -0.25) is 4.79 Å². The van der Waals surface area contributed by atoms with E-state index < -0.39 is 0 Å². The van der Waals surface area contributed by atoms with Crippen LogP contribution in [0.25, 0.3) is 0 Å². The van der Waals surface area contributed by atoms with Crippen LogP contribution < -0.4 is 10.5 Å². The number of ether oxygens (including phenoxy) is 1. The molecule has 0 radical (unpaired) electrons. The highest BCUT2D eigenvalue weighted by Crippen LogP contribution is 2.28. The molecular formula is C15H20BrClN2O2. The average Bonchev–Trinajstić information content (AvgIpc) is 2.46. The zero-order valence-electron chi connectivity index (χ0n) is 12.0. The molecule has 1 heterocycles. The third-order valence-corrected chi connectivity index (χ3v) is 4.67. The van der Waals surface area contributed by atoms with Crippen molar-refractivity contribution in [1.82, 2.24) is 4.90 Å². The topological polar surface area (TPSA) is 55.6 Å². The van der Waals surface area contributed by atoms with Crippen LogP contribution in [0.2, 0.25) is 5.02 Å². The first kappa shape index (κ1) is 16.6. The van der Waals surface area contributed by atoms with Crippen molar-refractivity contribution in [3.05, 3.63) is 27.7 Å². The Labute approximate surface area is 138 Å². The molecular weight excluding hydrogens is 356 g/mol. The average molecular weight is 376 g/mol. The minimum absolute atomic E-state index is 0.00268. The van der Waals surface area contributed by atoms with E-state index in [1.165, 1.54) is 0 Å². The van der Waals surface area contributed by atoms with E-state index in [0.717, 1.165) is 30.4 Å². The molecule has 0 aromatic heterocycles. The van der Waals surface area contributed by atoms with E-state index in [4.69, 9.17) is 22.1 Å². The summed E-state index contributed by atoms with van der Waals surface area (Å²) in [7, 11) is 0. The Balaban J connectivity index is 1.82. The molecule has 21 heavy (non-hydrogen) atoms. The number of carbonyl (C=O) groups excluding carboxylic acids is 1. The van der Waals surface area contributed by atoms with Crippen molar-refractivity contribution in [3.8, 4) is 5.75 Å². The molecule has 1 aromatic rings. The van der Waals surface area contributed by atoms with Crippen LogP contribution in [0, 0.1) is 5.92 Å². The maximum atomic E-state index is 12.1. The van der Waals surface area contributed by atoms with E-state index in [1.807, 2.05) is 17.9 Å². The van der Waals surface area contributed by atoms with Crippen LogP contribution >= 0.6 is 27.5 Å². The van der Waals surface area contributed by atoms with Crippen molar-refractivity contribution >= 4 is 33.4 Å². The summed E-state index contributed by atoms with van der Waals surface area (Å²) in [6, 6.07) is 5.53. The lowest BCUT2D eigenvalue weighted by Gasteiger charge is -2.33. The molecule has 2 N–H and O–H groups in total. The first-order chi connectivity index (χ1) is 9.97. The van der Waals surface area contributed by atoms with Crippen LogP contribution in [-0.4, -0.2) is 36.5 Å². The number of nitrogens with two attached hydrogens (primary N) is 1. The molecule has 4 nitrogen and oxygen atoms in total. The lowest BCUT2D eigenvalue weighted by Crippen LogP contribution is -2.44. The monoisotopic (exact) mass is 374 g/mol. The maximum absolute atomic E-state index is 12.1. The molecule has 0 saturated carbocycles. The Morgan fingerprint density at radius 3 is 2.76 bits per heavy atom. The van der Waals surface area contributed by atoms with Crippen molar-refractivity contribution in [2.45, 2.75) is 25.8 Å². The molecule has 1 unspecified atom stereocenters. The summed E-state index contributed by atoms with van der Waals surface area (Å²) in [5.74, 6) is 1.03. The number of piperidine rings is 1. The summed E-state index contributed by atoms with van der Waals surface area (Å²) in [6.07, 6.45) is 1.92. The molecule has 1 aromatic carbocycles. The van der Waals surface area contributed by atoms with Crippen LogP contribution in [0.15, 0.2) is 22.7 Å². The number of hydrogen-bond acceptors (Lipinski definition) is 3. The molecule has 116 valence electrons. The van der Waals surface area contributed by atoms with Gasteiger partial charge in [0, 0.05) is 23.6 Å². The van der Waals surface area contributed by atoms with Gasteiger partial charge in [-0.1, -0.05) is 27.5 Å². The smallest absolute Gasteiger partial charge is 0.260 e. The van der Waals surface area contributed by atoms with Crippen molar-refractivity contribution in [2.24, 2.45) is 11.7 Å². The highest BCUT2D eigenvalue weighted by molar-refractivity contribution is 9.10. The van der Waals surface area contributed by atoms with E-state index in [2.05, 4.69) is 15.9 Å². The zero-order valence-corrected chi connectivity index (χ0v) is 14.4. The fourth-order valence-electron chi connectivity index (χ4n) is 2.50. The maximum Gasteiger partial charge on any atom is 0.260 e. The van der Waals surface area contributed by atoms with Crippen LogP contribution in [-0.2, 0) is 4.79 Å². The van der Waals surface area contributed by atoms with Gasteiger partial charge in [-0.2, -0.15) is 0 Å². The lowest BCUT2D eigenvalue weighted by atomic mass is 9.91. The summed E-state index contributed by atoms with van der Waals surface area (Å²) in [5.41, 5.74) is 5.91. The van der Waals surface area contributed by atoms with Gasteiger partial charge in [0.15, 0.2) is 6.61 Å². The summed E-state index contributed by atoms with van der Waals surface area (Å²) < 4.78 is 6.39. The summed E-state index contributed by atoms with van der Waals surface area (Å²) in [4.78, 5) is 14.0. The summed E-state index contributed by atoms with van der Waals surface area (Å²) in [6.45, 7) is 3.55. The second kappa shape index (κ2) is 7.47. The lowest BCUT2D eigenvalue weighted by molar-refractivity contribution is -0.134. The van der Waals surface area contributed by atoms with Gasteiger partial charge in [0.1, 0.15) is 5.75 Å². The Kier molecular flexibility index (Phi) is 5.90. The van der Waals surface area contributed by atoms with Crippen molar-refractivity contribution in [1.29, 1.82) is 0 Å². The van der Waals surface area contributed by atoms with Crippen molar-refractivity contribution in [2.75, 3.05) is 19.7 Å². The fraction of sp³-hybridized carbons (Fsp3) is 0.533. The molecule has 1 fully saturated rings. The SMILES string of the molecule is CC(N)C1CCN(C(=O)COc2ccc(Br)cc2Cl)CC1. The highest BCUT2D eigenvalue weighted by atomic mass is 79.9. The second-order valence-electron chi connectivity index (χ2n) is 5.44. The first-order valence-electron chi connectivity index (χ1n) is 7.08. The van der Waals surface area contributed by atoms with Crippen molar-refractivity contribution < 1.29 is 9.53 Å². The van der Waals surface area contributed by atoms with E-state index in [0.29, 0.717) is 16.7 Å². The van der Waals surface area contributed by atoms with Crippen LogP contribution in [0.5, 0.6) is 5.75 Å². The minimum atomic E-state index is -0.00268. The number of benzene rings is 1. The molecule has 1 aliphatic heterocycles. The fourth-order valence-corrected chi connectivity index (χ4v) is 3.23. The van der Waals surface area contributed by atoms with Crippen LogP contribution in [0.4, 0.5) is 0 Å². The van der Waals surface area contributed by atoms with Gasteiger partial charge in [-0.25, -0.2) is 0 Å². The molecule has 1 atom stereocenters. The van der Waals surface area contributed by atoms with Gasteiger partial charge in [0.05, 0.1) is 5.02 Å². The standard InChI is InChI=1S/C15H20BrClN2O2/c1-10(18)11-4-6-19(7-5-11)15(20)9-21-14-3-2-12(16)8-13(14)17/h2-3,8,10-11H,4-7,9,18H2,1H3. The van der Waals surface area contributed by atoms with E-state index >= 15 is 0 Å². The third kappa shape index (κ3) is 4.59. The Hall–Kier alpha value is -0.780. The molecule has 1 amide bonds. The third-order valence-electron chi connectivity index (χ3n) is 3.88. The normalized spacial score (nSPS) is 17.6. The Morgan fingerprint density at radius 1 is 1.52 bits per heavy atom. The van der Waals surface area contributed by atoms with Gasteiger partial charge in [-0.05, 0) is 43.9 Å². The molecule has 0 spiro atoms. The Morgan fingerprint density at radius 2 is 2.19 bits per heavy atom. The number of halogens is 2. The van der Waals surface area contributed by atoms with Crippen molar-refractivity contribution in [3.63, 3.8) is 0 Å². The second-order valence-corrected chi connectivity index (χ2v) is 6.76. The predicted molar refractivity (Wildman–Crippen MR) is 87.6 cm³/mol. The van der Waals surface area contributed by atoms with Gasteiger partial charge < -0.3 is 15.4 Å². The first-order valence-corrected chi connectivity index (χ1v) is 8.25. The molecule has 2 rings (SSSR count). The van der Waals surface area contributed by atoms with E-state index in [1.54, 1.807) is 12.1 Å². The quantitative estimate of drug-likeness (QED) is 0.880. The van der Waals surface area contributed by atoms with Gasteiger partial charge in [0.25, 0.3) is 5.91 Å². The number of likely N-dealkylation sites (tertiary alicyclic amines) is 1. The Bertz CT molecular complexity index is 502. The summed E-state index contributed by atoms with van der Waals surface area (Å²) in [5, 5.41) is 0.493. The number of nitrogens with zero attached hydrogens (tertiary/aromatic N) is 1. The van der Waals surface area contributed by atoms with Gasteiger partial charge in [-0.15, -0.1) is 0 Å². The number of hydrogen-bond donors (Lipinski definition) is 1. The van der Waals surface area contributed by atoms with Crippen LogP contribution in [0.1, 0.15) is 19.8 Å². The highest BCUT2D eigenvalue weighted by Gasteiger charge is 2.25. The van der Waals surface area contributed by atoms with Gasteiger partial charge in [0.2, 0.25) is 0 Å². The molecule has 1 saturated heterocycles. The van der Waals surface area contributed by atoms with E-state index in [9.17, 15) is 4.79 Å². The number of rotatable bonds is 4. The van der Waals surface area contributed by atoms with Gasteiger partial charge >= 0.3 is 0 Å². The molecule has 1 aliphatic rings. The number of carbonyl (C=O) groups is 1. The molecule has 0 bridgehead atoms. The largest absolute Gasteiger partial charge is 0.482 e. The molecule has 0 aliphatic carbocycles. The van der Waals surface area contributed by atoms with Crippen LogP contribution in [0.3, 0.4) is 0 Å². The summed E-state index contributed by atoms with van der Waals surface area (Å²) >= 11 is 9.39. The molecule has 6 heteroatoms. The predicted octanol–water partition coefficient (Wildman–Crippen LogP) is 3.07. The minimum Gasteiger partial charge on any atom is -0.482 e. The van der Waals surface area contributed by atoms with E-state index in [-0.39, 0.29) is 18.6 Å².